The fourth-order valence-corrected chi connectivity index (χ4v) is 2.78. The van der Waals surface area contributed by atoms with Crippen LogP contribution in [0, 0.1) is 0 Å². The third-order valence-electron chi connectivity index (χ3n) is 3.55. The molecular formula is C14H18BrClN3-. The number of halogens is 2. The van der Waals surface area contributed by atoms with Gasteiger partial charge in [-0.25, -0.2) is 4.98 Å². The van der Waals surface area contributed by atoms with Crippen molar-refractivity contribution in [2.75, 3.05) is 13.1 Å². The number of nitrogens with zero attached hydrogens (tertiary/aromatic N) is 3. The third kappa shape index (κ3) is 3.71. The molecule has 3 nitrogen and oxygen atoms in total. The predicted octanol–water partition coefficient (Wildman–Crippen LogP) is 0.368. The normalized spacial score (nSPS) is 17.1. The summed E-state index contributed by atoms with van der Waals surface area (Å²) in [7, 11) is 0. The van der Waals surface area contributed by atoms with Crippen LogP contribution in [-0.4, -0.2) is 27.4 Å². The van der Waals surface area contributed by atoms with Crippen molar-refractivity contribution in [2.45, 2.75) is 32.2 Å². The Morgan fingerprint density at radius 3 is 2.53 bits per heavy atom. The van der Waals surface area contributed by atoms with Crippen molar-refractivity contribution < 1.29 is 17.0 Å². The van der Waals surface area contributed by atoms with Crippen LogP contribution in [0.3, 0.4) is 0 Å². The van der Waals surface area contributed by atoms with Gasteiger partial charge in [-0.15, -0.1) is 0 Å². The molecule has 0 aliphatic carbocycles. The molecule has 0 N–H and O–H groups in total. The second-order valence-electron chi connectivity index (χ2n) is 5.04. The number of imidazole rings is 1. The zero-order valence-electron chi connectivity index (χ0n) is 10.9. The zero-order valence-corrected chi connectivity index (χ0v) is 13.2. The van der Waals surface area contributed by atoms with Gasteiger partial charge in [0.15, 0.2) is 0 Å². The molecule has 1 aliphatic heterocycles. The van der Waals surface area contributed by atoms with Gasteiger partial charge in [0.05, 0.1) is 10.7 Å². The van der Waals surface area contributed by atoms with Crippen molar-refractivity contribution >= 4 is 17.2 Å². The van der Waals surface area contributed by atoms with Crippen LogP contribution in [0.4, 0.5) is 0 Å². The van der Waals surface area contributed by atoms with Gasteiger partial charge in [-0.3, -0.25) is 4.90 Å². The van der Waals surface area contributed by atoms with Crippen molar-refractivity contribution in [1.29, 1.82) is 0 Å². The van der Waals surface area contributed by atoms with Crippen molar-refractivity contribution in [3.8, 4) is 0 Å². The lowest BCUT2D eigenvalue weighted by molar-refractivity contribution is -0.00000375. The Balaban J connectivity index is 0.00000133. The summed E-state index contributed by atoms with van der Waals surface area (Å²) >= 11 is 5.98. The lowest BCUT2D eigenvalue weighted by Crippen LogP contribution is -3.00. The van der Waals surface area contributed by atoms with Gasteiger partial charge < -0.3 is 21.4 Å². The summed E-state index contributed by atoms with van der Waals surface area (Å²) < 4.78 is 2.01. The van der Waals surface area contributed by atoms with Gasteiger partial charge in [0.1, 0.15) is 5.65 Å². The quantitative estimate of drug-likeness (QED) is 0.785. The molecule has 0 saturated carbocycles. The SMILES string of the molecule is Clc1ccc2nc(CN3CCCCCC3)cn2c1.[Br-]. The van der Waals surface area contributed by atoms with Crippen LogP contribution >= 0.6 is 11.6 Å². The monoisotopic (exact) mass is 342 g/mol. The lowest BCUT2D eigenvalue weighted by atomic mass is 10.2. The van der Waals surface area contributed by atoms with Crippen LogP contribution in [0.1, 0.15) is 31.4 Å². The molecule has 2 aromatic heterocycles. The minimum absolute atomic E-state index is 0. The maximum Gasteiger partial charge on any atom is 0.137 e. The Bertz CT molecular complexity index is 532. The van der Waals surface area contributed by atoms with E-state index in [-0.39, 0.29) is 17.0 Å². The maximum absolute atomic E-state index is 5.98. The number of likely N-dealkylation sites (tertiary alicyclic amines) is 1. The Morgan fingerprint density at radius 2 is 1.79 bits per heavy atom. The van der Waals surface area contributed by atoms with E-state index in [2.05, 4.69) is 16.1 Å². The molecule has 1 saturated heterocycles. The summed E-state index contributed by atoms with van der Waals surface area (Å²) in [5.74, 6) is 0. The van der Waals surface area contributed by atoms with Crippen LogP contribution in [-0.2, 0) is 6.54 Å². The first-order valence-electron chi connectivity index (χ1n) is 6.67. The minimum atomic E-state index is 0. The van der Waals surface area contributed by atoms with E-state index in [0.29, 0.717) is 0 Å². The van der Waals surface area contributed by atoms with Crippen LogP contribution in [0.5, 0.6) is 0 Å². The van der Waals surface area contributed by atoms with Crippen molar-refractivity contribution in [3.05, 3.63) is 35.2 Å². The van der Waals surface area contributed by atoms with Crippen LogP contribution in [0.15, 0.2) is 24.5 Å². The van der Waals surface area contributed by atoms with Gasteiger partial charge in [-0.1, -0.05) is 24.4 Å². The molecule has 0 bridgehead atoms. The first-order chi connectivity index (χ1) is 8.81. The van der Waals surface area contributed by atoms with Gasteiger partial charge in [-0.05, 0) is 38.1 Å². The molecule has 104 valence electrons. The van der Waals surface area contributed by atoms with E-state index in [4.69, 9.17) is 11.6 Å². The predicted molar refractivity (Wildman–Crippen MR) is 73.9 cm³/mol. The molecule has 0 amide bonds. The van der Waals surface area contributed by atoms with E-state index in [1.807, 2.05) is 22.7 Å². The van der Waals surface area contributed by atoms with E-state index in [1.165, 1.54) is 38.8 Å². The molecule has 0 atom stereocenters. The molecular weight excluding hydrogens is 326 g/mol. The van der Waals surface area contributed by atoms with Crippen molar-refractivity contribution in [2.24, 2.45) is 0 Å². The second kappa shape index (κ2) is 6.73. The van der Waals surface area contributed by atoms with Gasteiger partial charge >= 0.3 is 0 Å². The molecule has 3 rings (SSSR count). The minimum Gasteiger partial charge on any atom is -1.00 e. The van der Waals surface area contributed by atoms with E-state index < -0.39 is 0 Å². The third-order valence-corrected chi connectivity index (χ3v) is 3.77. The van der Waals surface area contributed by atoms with Crippen molar-refractivity contribution in [3.63, 3.8) is 0 Å². The average Bonchev–Trinajstić information content (AvgIpc) is 2.57. The molecule has 5 heteroatoms. The summed E-state index contributed by atoms with van der Waals surface area (Å²) in [6, 6.07) is 3.86. The number of aromatic nitrogens is 2. The van der Waals surface area contributed by atoms with E-state index >= 15 is 0 Å². The molecule has 0 spiro atoms. The highest BCUT2D eigenvalue weighted by atomic mass is 79.9. The fourth-order valence-electron chi connectivity index (χ4n) is 2.62. The summed E-state index contributed by atoms with van der Waals surface area (Å²) in [5.41, 5.74) is 2.11. The summed E-state index contributed by atoms with van der Waals surface area (Å²) in [6.45, 7) is 3.36. The maximum atomic E-state index is 5.98. The largest absolute Gasteiger partial charge is 1.00 e. The van der Waals surface area contributed by atoms with E-state index in [1.54, 1.807) is 0 Å². The Labute approximate surface area is 129 Å². The molecule has 3 heterocycles. The van der Waals surface area contributed by atoms with E-state index in [9.17, 15) is 0 Å². The van der Waals surface area contributed by atoms with Crippen LogP contribution in [0.2, 0.25) is 5.02 Å². The first-order valence-corrected chi connectivity index (χ1v) is 7.04. The summed E-state index contributed by atoms with van der Waals surface area (Å²) in [4.78, 5) is 7.15. The zero-order chi connectivity index (χ0) is 12.4. The van der Waals surface area contributed by atoms with Gasteiger partial charge in [0, 0.05) is 18.9 Å². The topological polar surface area (TPSA) is 20.5 Å². The Kier molecular flexibility index (Phi) is 5.25. The first kappa shape index (κ1) is 14.8. The van der Waals surface area contributed by atoms with Gasteiger partial charge in [0.25, 0.3) is 0 Å². The number of fused-ring (bicyclic) bond motifs is 1. The van der Waals surface area contributed by atoms with Crippen LogP contribution < -0.4 is 17.0 Å². The molecule has 1 aliphatic rings. The number of pyridine rings is 1. The fraction of sp³-hybridized carbons (Fsp3) is 0.500. The standard InChI is InChI=1S/C14H18ClN3.BrH/c15-12-5-6-14-16-13(11-18(14)9-12)10-17-7-3-1-2-4-8-17;/h5-6,9,11H,1-4,7-8,10H2;1H/p-1. The highest BCUT2D eigenvalue weighted by Crippen LogP contribution is 2.15. The Morgan fingerprint density at radius 1 is 1.05 bits per heavy atom. The number of rotatable bonds is 2. The number of hydrogen-bond acceptors (Lipinski definition) is 2. The van der Waals surface area contributed by atoms with Crippen LogP contribution in [0.25, 0.3) is 5.65 Å². The number of hydrogen-bond donors (Lipinski definition) is 0. The Hall–Kier alpha value is -0.580. The van der Waals surface area contributed by atoms with Gasteiger partial charge in [-0.2, -0.15) is 0 Å². The molecule has 0 aromatic carbocycles. The summed E-state index contributed by atoms with van der Waals surface area (Å²) in [5, 5.41) is 0.751. The smallest absolute Gasteiger partial charge is 0.137 e. The molecule has 0 radical (unpaired) electrons. The highest BCUT2D eigenvalue weighted by Gasteiger charge is 2.11. The van der Waals surface area contributed by atoms with Crippen molar-refractivity contribution in [1.82, 2.24) is 14.3 Å². The van der Waals surface area contributed by atoms with Gasteiger partial charge in [0.2, 0.25) is 0 Å². The molecule has 1 fully saturated rings. The second-order valence-corrected chi connectivity index (χ2v) is 5.47. The lowest BCUT2D eigenvalue weighted by Gasteiger charge is -2.17. The molecule has 19 heavy (non-hydrogen) atoms. The summed E-state index contributed by atoms with van der Waals surface area (Å²) in [6.07, 6.45) is 9.38. The molecule has 0 unspecified atom stereocenters. The average molecular weight is 344 g/mol. The molecule has 2 aromatic rings. The van der Waals surface area contributed by atoms with E-state index in [0.717, 1.165) is 22.9 Å². The highest BCUT2D eigenvalue weighted by molar-refractivity contribution is 6.30.